The van der Waals surface area contributed by atoms with E-state index < -0.39 is 0 Å². The van der Waals surface area contributed by atoms with Crippen molar-refractivity contribution in [2.24, 2.45) is 5.92 Å². The van der Waals surface area contributed by atoms with Gasteiger partial charge in [0.1, 0.15) is 16.7 Å². The topological polar surface area (TPSA) is 39.9 Å². The maximum atomic E-state index is 9.84. The van der Waals surface area contributed by atoms with Gasteiger partial charge in [0.25, 0.3) is 0 Å². The molecule has 0 amide bonds. The first-order chi connectivity index (χ1) is 13.3. The molecule has 0 radical (unpaired) electrons. The summed E-state index contributed by atoms with van der Waals surface area (Å²) in [6.07, 6.45) is 5.46. The van der Waals surface area contributed by atoms with Crippen LogP contribution in [-0.4, -0.2) is 24.3 Å². The van der Waals surface area contributed by atoms with Gasteiger partial charge in [0.15, 0.2) is 0 Å². The number of fused-ring (bicyclic) bond motifs is 1. The zero-order chi connectivity index (χ0) is 18.6. The van der Waals surface area contributed by atoms with Crippen LogP contribution in [-0.2, 0) is 6.42 Å². The molecule has 0 spiro atoms. The molecule has 136 valence electrons. The van der Waals surface area contributed by atoms with Crippen LogP contribution in [0.15, 0.2) is 59.6 Å². The highest BCUT2D eigenvalue weighted by Gasteiger charge is 2.25. The Morgan fingerprint density at radius 3 is 2.48 bits per heavy atom. The summed E-state index contributed by atoms with van der Waals surface area (Å²) in [5, 5.41) is 11.8. The molecule has 1 saturated heterocycles. The lowest BCUT2D eigenvalue weighted by Crippen LogP contribution is -2.35. The third-order valence-corrected chi connectivity index (χ3v) is 6.12. The summed E-state index contributed by atoms with van der Waals surface area (Å²) in [6.45, 7) is 1.99. The van der Waals surface area contributed by atoms with Gasteiger partial charge in [0, 0.05) is 18.5 Å². The summed E-state index contributed by atoms with van der Waals surface area (Å²) in [4.78, 5) is 7.11. The van der Waals surface area contributed by atoms with Crippen LogP contribution in [0.5, 0.6) is 0 Å². The zero-order valence-corrected chi connectivity index (χ0v) is 16.4. The van der Waals surface area contributed by atoms with Crippen LogP contribution in [0.4, 0.5) is 5.69 Å². The van der Waals surface area contributed by atoms with E-state index in [9.17, 15) is 5.26 Å². The standard InChI is InChI=1S/C23H23N3S/c1-27-23-20(16-24)22(19-9-5-6-10-21(19)25-23)26-13-11-18(12-14-26)15-17-7-3-2-4-8-17/h2-10,18H,11-15H2,1H3. The average molecular weight is 374 g/mol. The number of pyridine rings is 1. The van der Waals surface area contributed by atoms with E-state index in [1.54, 1.807) is 11.8 Å². The molecular formula is C23H23N3S. The molecular weight excluding hydrogens is 350 g/mol. The SMILES string of the molecule is CSc1nc2ccccc2c(N2CCC(Cc3ccccc3)CC2)c1C#N. The van der Waals surface area contributed by atoms with Crippen molar-refractivity contribution >= 4 is 28.4 Å². The number of aromatic nitrogens is 1. The second-order valence-electron chi connectivity index (χ2n) is 7.09. The maximum Gasteiger partial charge on any atom is 0.116 e. The molecule has 0 unspecified atom stereocenters. The number of anilines is 1. The van der Waals surface area contributed by atoms with Crippen LogP contribution in [0.2, 0.25) is 0 Å². The number of benzene rings is 2. The lowest BCUT2D eigenvalue weighted by Gasteiger charge is -2.35. The van der Waals surface area contributed by atoms with Gasteiger partial charge in [-0.3, -0.25) is 0 Å². The molecule has 2 aromatic carbocycles. The number of thioether (sulfide) groups is 1. The molecule has 1 aliphatic heterocycles. The summed E-state index contributed by atoms with van der Waals surface area (Å²) in [7, 11) is 0. The molecule has 27 heavy (non-hydrogen) atoms. The molecule has 3 nitrogen and oxygen atoms in total. The Bertz CT molecular complexity index is 970. The van der Waals surface area contributed by atoms with Gasteiger partial charge < -0.3 is 4.90 Å². The monoisotopic (exact) mass is 373 g/mol. The van der Waals surface area contributed by atoms with Gasteiger partial charge in [0.2, 0.25) is 0 Å². The molecule has 0 N–H and O–H groups in total. The van der Waals surface area contributed by atoms with Crippen molar-refractivity contribution in [1.82, 2.24) is 4.98 Å². The molecule has 0 bridgehead atoms. The number of piperidine rings is 1. The van der Waals surface area contributed by atoms with E-state index in [4.69, 9.17) is 4.98 Å². The Kier molecular flexibility index (Phi) is 5.31. The van der Waals surface area contributed by atoms with Crippen molar-refractivity contribution in [3.8, 4) is 6.07 Å². The Morgan fingerprint density at radius 2 is 1.78 bits per heavy atom. The van der Waals surface area contributed by atoms with Crippen LogP contribution in [0, 0.1) is 17.2 Å². The highest BCUT2D eigenvalue weighted by molar-refractivity contribution is 7.98. The summed E-state index contributed by atoms with van der Waals surface area (Å²) < 4.78 is 0. The summed E-state index contributed by atoms with van der Waals surface area (Å²) in [5.74, 6) is 0.710. The molecule has 4 heteroatoms. The first-order valence-corrected chi connectivity index (χ1v) is 10.7. The van der Waals surface area contributed by atoms with Crippen molar-refractivity contribution in [3.63, 3.8) is 0 Å². The maximum absolute atomic E-state index is 9.84. The van der Waals surface area contributed by atoms with Gasteiger partial charge in [-0.15, -0.1) is 11.8 Å². The fraction of sp³-hybridized carbons (Fsp3) is 0.304. The van der Waals surface area contributed by atoms with Gasteiger partial charge in [-0.1, -0.05) is 48.5 Å². The van der Waals surface area contributed by atoms with Gasteiger partial charge in [-0.2, -0.15) is 5.26 Å². The Labute approximate surface area is 165 Å². The van der Waals surface area contributed by atoms with E-state index >= 15 is 0 Å². The molecule has 0 aliphatic carbocycles. The normalized spacial score (nSPS) is 15.0. The summed E-state index contributed by atoms with van der Waals surface area (Å²) >= 11 is 1.56. The second-order valence-corrected chi connectivity index (χ2v) is 7.89. The Balaban J connectivity index is 1.61. The van der Waals surface area contributed by atoms with Crippen molar-refractivity contribution in [2.75, 3.05) is 24.2 Å². The van der Waals surface area contributed by atoms with Crippen LogP contribution >= 0.6 is 11.8 Å². The highest BCUT2D eigenvalue weighted by atomic mass is 32.2. The first-order valence-electron chi connectivity index (χ1n) is 9.46. The number of nitrogens with zero attached hydrogens (tertiary/aromatic N) is 3. The predicted octanol–water partition coefficient (Wildman–Crippen LogP) is 5.29. The van der Waals surface area contributed by atoms with Crippen molar-refractivity contribution < 1.29 is 0 Å². The lowest BCUT2D eigenvalue weighted by atomic mass is 9.89. The van der Waals surface area contributed by atoms with Gasteiger partial charge >= 0.3 is 0 Å². The molecule has 4 rings (SSSR count). The summed E-state index contributed by atoms with van der Waals surface area (Å²) in [6, 6.07) is 21.4. The fourth-order valence-corrected chi connectivity index (χ4v) is 4.59. The second kappa shape index (κ2) is 8.02. The van der Waals surface area contributed by atoms with Crippen LogP contribution < -0.4 is 4.90 Å². The van der Waals surface area contributed by atoms with Crippen molar-refractivity contribution in [3.05, 3.63) is 65.7 Å². The largest absolute Gasteiger partial charge is 0.370 e. The van der Waals surface area contributed by atoms with Crippen molar-refractivity contribution in [2.45, 2.75) is 24.3 Å². The van der Waals surface area contributed by atoms with Gasteiger partial charge in [-0.25, -0.2) is 4.98 Å². The predicted molar refractivity (Wildman–Crippen MR) is 113 cm³/mol. The first kappa shape index (κ1) is 17.9. The van der Waals surface area contributed by atoms with Crippen LogP contribution in [0.1, 0.15) is 24.0 Å². The minimum Gasteiger partial charge on any atom is -0.370 e. The van der Waals surface area contributed by atoms with E-state index in [1.165, 1.54) is 5.56 Å². The fourth-order valence-electron chi connectivity index (χ4n) is 4.06. The third kappa shape index (κ3) is 3.65. The van der Waals surface area contributed by atoms with E-state index in [1.807, 2.05) is 24.5 Å². The minimum atomic E-state index is 0.710. The molecule has 2 heterocycles. The molecule has 1 aromatic heterocycles. The number of nitriles is 1. The smallest absolute Gasteiger partial charge is 0.116 e. The highest BCUT2D eigenvalue weighted by Crippen LogP contribution is 2.37. The van der Waals surface area contributed by atoms with Gasteiger partial charge in [-0.05, 0) is 43.1 Å². The van der Waals surface area contributed by atoms with E-state index in [0.717, 1.165) is 59.5 Å². The number of para-hydroxylation sites is 1. The zero-order valence-electron chi connectivity index (χ0n) is 15.6. The van der Waals surface area contributed by atoms with Crippen LogP contribution in [0.25, 0.3) is 10.9 Å². The summed E-state index contributed by atoms with van der Waals surface area (Å²) in [5.41, 5.74) is 4.20. The van der Waals surface area contributed by atoms with Crippen molar-refractivity contribution in [1.29, 1.82) is 5.26 Å². The molecule has 0 saturated carbocycles. The minimum absolute atomic E-state index is 0.710. The Hall–Kier alpha value is -2.51. The van der Waals surface area contributed by atoms with Gasteiger partial charge in [0.05, 0.1) is 11.2 Å². The number of rotatable bonds is 4. The lowest BCUT2D eigenvalue weighted by molar-refractivity contribution is 0.404. The average Bonchev–Trinajstić information content (AvgIpc) is 2.73. The molecule has 1 aliphatic rings. The van der Waals surface area contributed by atoms with E-state index in [2.05, 4.69) is 47.4 Å². The van der Waals surface area contributed by atoms with E-state index in [-0.39, 0.29) is 0 Å². The molecule has 1 fully saturated rings. The molecule has 3 aromatic rings. The Morgan fingerprint density at radius 1 is 1.07 bits per heavy atom. The number of hydrogen-bond donors (Lipinski definition) is 0. The number of hydrogen-bond acceptors (Lipinski definition) is 4. The third-order valence-electron chi connectivity index (χ3n) is 5.43. The molecule has 0 atom stereocenters. The quantitative estimate of drug-likeness (QED) is 0.583. The van der Waals surface area contributed by atoms with Crippen LogP contribution in [0.3, 0.4) is 0 Å². The van der Waals surface area contributed by atoms with E-state index in [0.29, 0.717) is 5.92 Å².